The molecule has 1 aliphatic carbocycles. The number of sulfonamides is 1. The number of hydrogen-bond acceptors (Lipinski definition) is 3. The van der Waals surface area contributed by atoms with Crippen LogP contribution in [-0.4, -0.2) is 14.5 Å². The maximum Gasteiger partial charge on any atom is 0.241 e. The van der Waals surface area contributed by atoms with Crippen LogP contribution in [0, 0.1) is 12.8 Å². The van der Waals surface area contributed by atoms with Crippen LogP contribution in [-0.2, 0) is 10.0 Å². The van der Waals surface area contributed by atoms with E-state index in [0.717, 1.165) is 6.42 Å². The highest BCUT2D eigenvalue weighted by Crippen LogP contribution is 2.32. The number of hydrogen-bond donors (Lipinski definition) is 2. The molecule has 3 N–H and O–H groups in total. The van der Waals surface area contributed by atoms with Crippen LogP contribution < -0.4 is 10.5 Å². The van der Waals surface area contributed by atoms with Gasteiger partial charge in [0.05, 0.1) is 4.90 Å². The lowest BCUT2D eigenvalue weighted by Crippen LogP contribution is -2.27. The van der Waals surface area contributed by atoms with Crippen LogP contribution in [0.4, 0.5) is 5.69 Å². The second-order valence-corrected chi connectivity index (χ2v) is 6.68. The second kappa shape index (κ2) is 4.15. The maximum atomic E-state index is 12.1. The molecule has 1 fully saturated rings. The molecule has 1 aromatic carbocycles. The van der Waals surface area contributed by atoms with Crippen molar-refractivity contribution >= 4 is 27.3 Å². The lowest BCUT2D eigenvalue weighted by molar-refractivity contribution is 0.578. The minimum Gasteiger partial charge on any atom is -0.398 e. The molecule has 0 amide bonds. The van der Waals surface area contributed by atoms with E-state index in [9.17, 15) is 8.42 Å². The third kappa shape index (κ3) is 2.56. The molecule has 0 radical (unpaired) electrons. The summed E-state index contributed by atoms with van der Waals surface area (Å²) in [5, 5.41) is 0.331. The molecular formula is C11H15ClN2O2S. The van der Waals surface area contributed by atoms with Crippen molar-refractivity contribution in [3.05, 3.63) is 22.7 Å². The number of nitrogens with two attached hydrogens (primary N) is 1. The molecule has 17 heavy (non-hydrogen) atoms. The molecule has 0 saturated heterocycles. The Labute approximate surface area is 106 Å². The van der Waals surface area contributed by atoms with Crippen LogP contribution >= 0.6 is 11.6 Å². The van der Waals surface area contributed by atoms with Gasteiger partial charge in [0.1, 0.15) is 0 Å². The Bertz CT molecular complexity index is 557. The van der Waals surface area contributed by atoms with Crippen molar-refractivity contribution in [3.8, 4) is 0 Å². The Morgan fingerprint density at radius 2 is 2.06 bits per heavy atom. The predicted molar refractivity (Wildman–Crippen MR) is 68.5 cm³/mol. The quantitative estimate of drug-likeness (QED) is 0.827. The number of rotatable bonds is 3. The van der Waals surface area contributed by atoms with E-state index in [2.05, 4.69) is 4.72 Å². The number of anilines is 1. The molecule has 0 aromatic heterocycles. The molecule has 6 heteroatoms. The summed E-state index contributed by atoms with van der Waals surface area (Å²) in [7, 11) is -3.52. The lowest BCUT2D eigenvalue weighted by Gasteiger charge is -2.11. The first kappa shape index (κ1) is 12.7. The van der Waals surface area contributed by atoms with Crippen LogP contribution in [0.15, 0.2) is 17.0 Å². The molecule has 4 nitrogen and oxygen atoms in total. The zero-order valence-electron chi connectivity index (χ0n) is 9.70. The highest BCUT2D eigenvalue weighted by molar-refractivity contribution is 7.89. The molecule has 0 bridgehead atoms. The molecule has 0 aliphatic heterocycles. The van der Waals surface area contributed by atoms with Gasteiger partial charge < -0.3 is 5.73 Å². The van der Waals surface area contributed by atoms with Crippen LogP contribution in [0.2, 0.25) is 5.02 Å². The third-order valence-electron chi connectivity index (χ3n) is 3.07. The monoisotopic (exact) mass is 274 g/mol. The smallest absolute Gasteiger partial charge is 0.241 e. The summed E-state index contributed by atoms with van der Waals surface area (Å²) in [4.78, 5) is 0.168. The van der Waals surface area contributed by atoms with E-state index >= 15 is 0 Å². The Morgan fingerprint density at radius 1 is 1.47 bits per heavy atom. The average Bonchev–Trinajstić information content (AvgIpc) is 2.86. The zero-order valence-corrected chi connectivity index (χ0v) is 11.3. The molecule has 0 heterocycles. The third-order valence-corrected chi connectivity index (χ3v) is 4.90. The second-order valence-electron chi connectivity index (χ2n) is 4.56. The van der Waals surface area contributed by atoms with Gasteiger partial charge in [-0.05, 0) is 37.0 Å². The van der Waals surface area contributed by atoms with E-state index in [-0.39, 0.29) is 10.9 Å². The molecule has 1 aliphatic rings. The molecule has 1 saturated carbocycles. The summed E-state index contributed by atoms with van der Waals surface area (Å²) in [6.07, 6.45) is 0.883. The summed E-state index contributed by atoms with van der Waals surface area (Å²) >= 11 is 5.84. The Morgan fingerprint density at radius 3 is 2.59 bits per heavy atom. The minimum absolute atomic E-state index is 0.0413. The van der Waals surface area contributed by atoms with Crippen molar-refractivity contribution in [3.63, 3.8) is 0 Å². The van der Waals surface area contributed by atoms with Gasteiger partial charge in [0.25, 0.3) is 0 Å². The molecule has 0 spiro atoms. The molecule has 94 valence electrons. The van der Waals surface area contributed by atoms with Crippen LogP contribution in [0.3, 0.4) is 0 Å². The summed E-state index contributed by atoms with van der Waals surface area (Å²) < 4.78 is 26.9. The van der Waals surface area contributed by atoms with Gasteiger partial charge in [0, 0.05) is 16.8 Å². The van der Waals surface area contributed by atoms with Crippen molar-refractivity contribution in [2.24, 2.45) is 5.92 Å². The fourth-order valence-electron chi connectivity index (χ4n) is 1.70. The van der Waals surface area contributed by atoms with Crippen LogP contribution in [0.1, 0.15) is 18.9 Å². The molecule has 2 rings (SSSR count). The summed E-state index contributed by atoms with van der Waals surface area (Å²) in [5.41, 5.74) is 6.64. The van der Waals surface area contributed by atoms with Crippen LogP contribution in [0.5, 0.6) is 0 Å². The molecule has 1 aromatic rings. The van der Waals surface area contributed by atoms with E-state index < -0.39 is 10.0 Å². The number of nitrogens with one attached hydrogen (secondary N) is 1. The van der Waals surface area contributed by atoms with E-state index in [1.807, 2.05) is 6.92 Å². The average molecular weight is 275 g/mol. The highest BCUT2D eigenvalue weighted by Gasteiger charge is 2.37. The lowest BCUT2D eigenvalue weighted by atomic mass is 10.2. The minimum atomic E-state index is -3.52. The van der Waals surface area contributed by atoms with Gasteiger partial charge in [-0.1, -0.05) is 18.5 Å². The van der Waals surface area contributed by atoms with E-state index in [4.69, 9.17) is 17.3 Å². The Balaban J connectivity index is 2.39. The summed E-state index contributed by atoms with van der Waals surface area (Å²) in [6, 6.07) is 3.03. The van der Waals surface area contributed by atoms with Crippen LogP contribution in [0.25, 0.3) is 0 Å². The van der Waals surface area contributed by atoms with Crippen molar-refractivity contribution in [1.29, 1.82) is 0 Å². The first-order valence-electron chi connectivity index (χ1n) is 5.39. The highest BCUT2D eigenvalue weighted by atomic mass is 35.5. The fraction of sp³-hybridized carbons (Fsp3) is 0.455. The number of benzene rings is 1. The first-order valence-corrected chi connectivity index (χ1v) is 7.25. The predicted octanol–water partition coefficient (Wildman–Crippen LogP) is 1.92. The van der Waals surface area contributed by atoms with Gasteiger partial charge in [-0.25, -0.2) is 13.1 Å². The van der Waals surface area contributed by atoms with E-state index in [1.54, 1.807) is 13.0 Å². The van der Waals surface area contributed by atoms with E-state index in [0.29, 0.717) is 22.2 Å². The van der Waals surface area contributed by atoms with Gasteiger partial charge in [-0.3, -0.25) is 0 Å². The number of halogens is 1. The summed E-state index contributed by atoms with van der Waals surface area (Å²) in [5.74, 6) is 0.404. The Kier molecular flexibility index (Phi) is 3.10. The van der Waals surface area contributed by atoms with Crippen molar-refractivity contribution in [2.75, 3.05) is 5.73 Å². The van der Waals surface area contributed by atoms with Crippen molar-refractivity contribution < 1.29 is 8.42 Å². The van der Waals surface area contributed by atoms with E-state index in [1.165, 1.54) is 6.07 Å². The van der Waals surface area contributed by atoms with Gasteiger partial charge in [0.15, 0.2) is 0 Å². The summed E-state index contributed by atoms with van der Waals surface area (Å²) in [6.45, 7) is 3.68. The van der Waals surface area contributed by atoms with Gasteiger partial charge in [-0.2, -0.15) is 0 Å². The molecule has 2 atom stereocenters. The van der Waals surface area contributed by atoms with Gasteiger partial charge >= 0.3 is 0 Å². The normalized spacial score (nSPS) is 23.7. The Hall–Kier alpha value is -0.780. The SMILES string of the molecule is Cc1c(N)cc(Cl)cc1S(=O)(=O)NC1CC1C. The first-order chi connectivity index (χ1) is 7.81. The van der Waals surface area contributed by atoms with Gasteiger partial charge in [0.2, 0.25) is 10.0 Å². The largest absolute Gasteiger partial charge is 0.398 e. The van der Waals surface area contributed by atoms with Gasteiger partial charge in [-0.15, -0.1) is 0 Å². The standard InChI is InChI=1S/C11H15ClN2O2S/c1-6-3-10(6)14-17(15,16)11-5-8(12)4-9(13)7(11)2/h4-6,10,14H,3,13H2,1-2H3. The molecule has 2 unspecified atom stereocenters. The zero-order chi connectivity index (χ0) is 12.8. The topological polar surface area (TPSA) is 72.2 Å². The van der Waals surface area contributed by atoms with Crippen molar-refractivity contribution in [1.82, 2.24) is 4.72 Å². The number of nitrogen functional groups attached to an aromatic ring is 1. The fourth-order valence-corrected chi connectivity index (χ4v) is 3.65. The molecular weight excluding hydrogens is 260 g/mol. The van der Waals surface area contributed by atoms with Crippen molar-refractivity contribution in [2.45, 2.75) is 31.2 Å². The maximum absolute atomic E-state index is 12.1.